The highest BCUT2D eigenvalue weighted by Gasteiger charge is 2.23. The Bertz CT molecular complexity index is 1200. The van der Waals surface area contributed by atoms with Crippen LogP contribution in [0.15, 0.2) is 51.9 Å². The number of non-ortho nitro benzene ring substituents is 1. The van der Waals surface area contributed by atoms with E-state index < -0.39 is 10.9 Å². The van der Waals surface area contributed by atoms with Gasteiger partial charge in [0.15, 0.2) is 0 Å². The van der Waals surface area contributed by atoms with E-state index in [1.807, 2.05) is 4.90 Å². The van der Waals surface area contributed by atoms with E-state index >= 15 is 0 Å². The molecule has 0 aliphatic carbocycles. The molecular weight excluding hydrogens is 456 g/mol. The molecule has 30 heavy (non-hydrogen) atoms. The average Bonchev–Trinajstić information content (AvgIpc) is 3.27. The zero-order chi connectivity index (χ0) is 21.3. The van der Waals surface area contributed by atoms with E-state index in [0.717, 1.165) is 30.4 Å². The van der Waals surface area contributed by atoms with Crippen LogP contribution in [0.5, 0.6) is 0 Å². The fourth-order valence-corrected chi connectivity index (χ4v) is 3.79. The third kappa shape index (κ3) is 4.04. The van der Waals surface area contributed by atoms with Gasteiger partial charge < -0.3 is 9.64 Å². The Morgan fingerprint density at radius 1 is 1.20 bits per heavy atom. The van der Waals surface area contributed by atoms with Crippen LogP contribution in [0, 0.1) is 10.1 Å². The van der Waals surface area contributed by atoms with Crippen LogP contribution in [0.25, 0.3) is 5.65 Å². The second-order valence-electron chi connectivity index (χ2n) is 6.89. The molecule has 0 bridgehead atoms. The van der Waals surface area contributed by atoms with E-state index in [4.69, 9.17) is 4.74 Å². The van der Waals surface area contributed by atoms with Crippen LogP contribution < -0.4 is 10.5 Å². The van der Waals surface area contributed by atoms with Crippen molar-refractivity contribution in [3.05, 3.63) is 78.8 Å². The first-order chi connectivity index (χ1) is 14.4. The van der Waals surface area contributed by atoms with Crippen LogP contribution in [0.3, 0.4) is 0 Å². The molecule has 154 valence electrons. The topological polar surface area (TPSA) is 107 Å². The van der Waals surface area contributed by atoms with Crippen molar-refractivity contribution in [2.24, 2.45) is 0 Å². The number of nitro groups is 1. The van der Waals surface area contributed by atoms with Crippen molar-refractivity contribution in [3.8, 4) is 0 Å². The number of hydrogen-bond acceptors (Lipinski definition) is 7. The largest absolute Gasteiger partial charge is 0.456 e. The maximum absolute atomic E-state index is 12.8. The Balaban J connectivity index is 1.60. The molecule has 1 aromatic carbocycles. The van der Waals surface area contributed by atoms with Crippen LogP contribution in [-0.4, -0.2) is 33.4 Å². The van der Waals surface area contributed by atoms with Gasteiger partial charge in [0, 0.05) is 42.0 Å². The molecule has 2 aromatic heterocycles. The number of ether oxygens (including phenoxy) is 1. The van der Waals surface area contributed by atoms with Crippen molar-refractivity contribution < 1.29 is 14.5 Å². The van der Waals surface area contributed by atoms with Crippen molar-refractivity contribution in [3.63, 3.8) is 0 Å². The summed E-state index contributed by atoms with van der Waals surface area (Å²) in [6.45, 7) is 1.33. The van der Waals surface area contributed by atoms with Crippen LogP contribution in [0.4, 0.5) is 11.4 Å². The van der Waals surface area contributed by atoms with Gasteiger partial charge in [-0.15, -0.1) is 0 Å². The standard InChI is InChI=1S/C20H17BrN4O5/c21-13-3-6-18-22-14(9-19(26)24(18)11-13)12-30-20(27)16-10-15(25(28)29)4-5-17(16)23-7-1-2-8-23/h3-6,9-11H,1-2,7-8,12H2. The smallest absolute Gasteiger partial charge is 0.340 e. The van der Waals surface area contributed by atoms with Gasteiger partial charge in [-0.1, -0.05) is 0 Å². The molecule has 1 fully saturated rings. The number of rotatable bonds is 5. The normalized spacial score (nSPS) is 13.6. The lowest BCUT2D eigenvalue weighted by molar-refractivity contribution is -0.384. The molecule has 0 radical (unpaired) electrons. The SMILES string of the molecule is O=C(OCc1cc(=O)n2cc(Br)ccc2n1)c1cc([N+](=O)[O-])ccc1N1CCCC1. The number of aromatic nitrogens is 2. The predicted molar refractivity (Wildman–Crippen MR) is 113 cm³/mol. The maximum Gasteiger partial charge on any atom is 0.340 e. The molecule has 3 aromatic rings. The second kappa shape index (κ2) is 8.23. The molecule has 1 saturated heterocycles. The summed E-state index contributed by atoms with van der Waals surface area (Å²) in [6.07, 6.45) is 3.59. The summed E-state index contributed by atoms with van der Waals surface area (Å²) in [7, 11) is 0. The van der Waals surface area contributed by atoms with E-state index in [9.17, 15) is 19.7 Å². The van der Waals surface area contributed by atoms with Crippen molar-refractivity contribution >= 4 is 38.9 Å². The quantitative estimate of drug-likeness (QED) is 0.318. The minimum Gasteiger partial charge on any atom is -0.456 e. The monoisotopic (exact) mass is 472 g/mol. The minimum atomic E-state index is -0.696. The van der Waals surface area contributed by atoms with Crippen molar-refractivity contribution in [2.75, 3.05) is 18.0 Å². The highest BCUT2D eigenvalue weighted by molar-refractivity contribution is 9.10. The third-order valence-electron chi connectivity index (χ3n) is 4.89. The molecule has 1 aliphatic rings. The summed E-state index contributed by atoms with van der Waals surface area (Å²) in [5.41, 5.74) is 0.971. The van der Waals surface area contributed by atoms with Crippen LogP contribution in [0.2, 0.25) is 0 Å². The number of benzene rings is 1. The lowest BCUT2D eigenvalue weighted by Gasteiger charge is -2.20. The van der Waals surface area contributed by atoms with E-state index in [2.05, 4.69) is 20.9 Å². The van der Waals surface area contributed by atoms with Gasteiger partial charge in [-0.25, -0.2) is 9.78 Å². The highest BCUT2D eigenvalue weighted by atomic mass is 79.9. The summed E-state index contributed by atoms with van der Waals surface area (Å²) in [5, 5.41) is 11.2. The number of halogens is 1. The highest BCUT2D eigenvalue weighted by Crippen LogP contribution is 2.29. The Morgan fingerprint density at radius 2 is 1.97 bits per heavy atom. The molecule has 10 heteroatoms. The summed E-state index contributed by atoms with van der Waals surface area (Å²) < 4.78 is 7.48. The molecule has 0 N–H and O–H groups in total. The Labute approximate surface area is 179 Å². The van der Waals surface area contributed by atoms with E-state index in [0.29, 0.717) is 17.0 Å². The first-order valence-electron chi connectivity index (χ1n) is 9.31. The molecule has 0 atom stereocenters. The van der Waals surface area contributed by atoms with Gasteiger partial charge in [0.25, 0.3) is 11.2 Å². The number of fused-ring (bicyclic) bond motifs is 1. The third-order valence-corrected chi connectivity index (χ3v) is 5.35. The van der Waals surface area contributed by atoms with Crippen molar-refractivity contribution in [2.45, 2.75) is 19.4 Å². The van der Waals surface area contributed by atoms with Gasteiger partial charge in [0.2, 0.25) is 0 Å². The Morgan fingerprint density at radius 3 is 2.70 bits per heavy atom. The Hall–Kier alpha value is -3.27. The van der Waals surface area contributed by atoms with E-state index in [-0.39, 0.29) is 23.4 Å². The van der Waals surface area contributed by atoms with E-state index in [1.54, 1.807) is 24.4 Å². The van der Waals surface area contributed by atoms with Crippen molar-refractivity contribution in [1.82, 2.24) is 9.38 Å². The Kier molecular flexibility index (Phi) is 5.49. The number of hydrogen-bond donors (Lipinski definition) is 0. The van der Waals surface area contributed by atoms with Crippen LogP contribution >= 0.6 is 15.9 Å². The molecule has 0 spiro atoms. The number of esters is 1. The van der Waals surface area contributed by atoms with E-state index in [1.165, 1.54) is 22.6 Å². The van der Waals surface area contributed by atoms with Gasteiger partial charge in [-0.3, -0.25) is 19.3 Å². The molecule has 0 amide bonds. The molecular formula is C20H17BrN4O5. The van der Waals surface area contributed by atoms with Gasteiger partial charge in [-0.2, -0.15) is 0 Å². The lowest BCUT2D eigenvalue weighted by Crippen LogP contribution is -2.22. The first-order valence-corrected chi connectivity index (χ1v) is 10.1. The fourth-order valence-electron chi connectivity index (χ4n) is 3.45. The van der Waals surface area contributed by atoms with Gasteiger partial charge >= 0.3 is 5.97 Å². The molecule has 3 heterocycles. The number of nitrogens with zero attached hydrogens (tertiary/aromatic N) is 4. The number of nitro benzene ring substituents is 1. The summed E-state index contributed by atoms with van der Waals surface area (Å²) in [6, 6.07) is 8.91. The molecule has 0 unspecified atom stereocenters. The number of anilines is 1. The lowest BCUT2D eigenvalue weighted by atomic mass is 10.1. The summed E-state index contributed by atoms with van der Waals surface area (Å²) >= 11 is 3.30. The summed E-state index contributed by atoms with van der Waals surface area (Å²) in [4.78, 5) is 42.0. The zero-order valence-electron chi connectivity index (χ0n) is 15.8. The van der Waals surface area contributed by atoms with Crippen LogP contribution in [-0.2, 0) is 11.3 Å². The van der Waals surface area contributed by atoms with Gasteiger partial charge in [0.05, 0.1) is 21.9 Å². The molecule has 4 rings (SSSR count). The molecule has 9 nitrogen and oxygen atoms in total. The van der Waals surface area contributed by atoms with Gasteiger partial charge in [0.1, 0.15) is 12.3 Å². The predicted octanol–water partition coefficient (Wildman–Crippen LogP) is 3.32. The minimum absolute atomic E-state index is 0.132. The number of carbonyl (C=O) groups is 1. The van der Waals surface area contributed by atoms with Gasteiger partial charge in [-0.05, 0) is 47.0 Å². The second-order valence-corrected chi connectivity index (χ2v) is 7.81. The number of pyridine rings is 1. The first kappa shape index (κ1) is 20.0. The van der Waals surface area contributed by atoms with Crippen LogP contribution in [0.1, 0.15) is 28.9 Å². The maximum atomic E-state index is 12.8. The fraction of sp³-hybridized carbons (Fsp3) is 0.250. The summed E-state index contributed by atoms with van der Waals surface area (Å²) in [5.74, 6) is -0.696. The average molecular weight is 473 g/mol. The molecule has 1 aliphatic heterocycles. The molecule has 0 saturated carbocycles. The zero-order valence-corrected chi connectivity index (χ0v) is 17.4. The number of carbonyl (C=O) groups excluding carboxylic acids is 1. The van der Waals surface area contributed by atoms with Crippen molar-refractivity contribution in [1.29, 1.82) is 0 Å².